The Bertz CT molecular complexity index is 360. The second-order valence-corrected chi connectivity index (χ2v) is 4.36. The number of nitrogens with two attached hydrogens (primary N) is 1. The van der Waals surface area contributed by atoms with E-state index < -0.39 is 0 Å². The summed E-state index contributed by atoms with van der Waals surface area (Å²) in [4.78, 5) is 16.3. The molecular formula is C12H16N2O. The molecule has 1 aromatic heterocycles. The molecule has 0 radical (unpaired) electrons. The molecule has 0 saturated heterocycles. The molecule has 1 fully saturated rings. The topological polar surface area (TPSA) is 56.0 Å². The van der Waals surface area contributed by atoms with Crippen LogP contribution in [-0.2, 0) is 0 Å². The average Bonchev–Trinajstić information content (AvgIpc) is 2.18. The first-order valence-electron chi connectivity index (χ1n) is 5.35. The summed E-state index contributed by atoms with van der Waals surface area (Å²) in [5, 5.41) is 0. The summed E-state index contributed by atoms with van der Waals surface area (Å²) in [6.45, 7) is 2.37. The van der Waals surface area contributed by atoms with Crippen molar-refractivity contribution >= 4 is 5.78 Å². The van der Waals surface area contributed by atoms with Gasteiger partial charge in [-0.25, -0.2) is 0 Å². The Morgan fingerprint density at radius 3 is 2.67 bits per heavy atom. The van der Waals surface area contributed by atoms with Crippen molar-refractivity contribution < 1.29 is 4.79 Å². The van der Waals surface area contributed by atoms with Crippen molar-refractivity contribution in [2.45, 2.75) is 26.2 Å². The maximum Gasteiger partial charge on any atom is 0.171 e. The molecule has 1 aliphatic rings. The van der Waals surface area contributed by atoms with Gasteiger partial charge < -0.3 is 5.73 Å². The Morgan fingerprint density at radius 2 is 2.27 bits per heavy atom. The number of Topliss-reactive ketones (excluding diaryl/α,β-unsaturated/α-hetero) is 1. The molecule has 1 aliphatic carbocycles. The van der Waals surface area contributed by atoms with Gasteiger partial charge in [0.1, 0.15) is 0 Å². The van der Waals surface area contributed by atoms with Crippen molar-refractivity contribution in [3.63, 3.8) is 0 Å². The van der Waals surface area contributed by atoms with Crippen LogP contribution in [0.2, 0.25) is 0 Å². The number of carbonyl (C=O) groups is 1. The van der Waals surface area contributed by atoms with E-state index in [4.69, 9.17) is 5.73 Å². The Morgan fingerprint density at radius 1 is 1.53 bits per heavy atom. The minimum Gasteiger partial charge on any atom is -0.329 e. The summed E-state index contributed by atoms with van der Waals surface area (Å²) < 4.78 is 0. The number of nitrogens with zero attached hydrogens (tertiary/aromatic N) is 1. The fourth-order valence-corrected chi connectivity index (χ4v) is 2.04. The zero-order valence-corrected chi connectivity index (χ0v) is 8.99. The summed E-state index contributed by atoms with van der Waals surface area (Å²) in [6, 6.07) is 3.72. The van der Waals surface area contributed by atoms with Gasteiger partial charge in [-0.2, -0.15) is 0 Å². The number of carbonyl (C=O) groups excluding carboxylic acids is 1. The standard InChI is InChI=1S/C12H16N2O/c1-9-3-4-10(7-14-9)11(15)12(8-13)5-2-6-12/h3-4,7H,2,5-6,8,13H2,1H3. The first-order valence-corrected chi connectivity index (χ1v) is 5.35. The SMILES string of the molecule is Cc1ccc(C(=O)C2(CN)CCC2)cn1. The van der Waals surface area contributed by atoms with Gasteiger partial charge in [-0.3, -0.25) is 9.78 Å². The van der Waals surface area contributed by atoms with Crippen LogP contribution in [0.25, 0.3) is 0 Å². The van der Waals surface area contributed by atoms with Gasteiger partial charge in [0.15, 0.2) is 5.78 Å². The maximum atomic E-state index is 12.2. The zero-order valence-electron chi connectivity index (χ0n) is 8.99. The number of pyridine rings is 1. The molecule has 2 N–H and O–H groups in total. The highest BCUT2D eigenvalue weighted by atomic mass is 16.1. The molecule has 0 bridgehead atoms. The van der Waals surface area contributed by atoms with Gasteiger partial charge in [0.2, 0.25) is 0 Å². The molecule has 1 aromatic rings. The van der Waals surface area contributed by atoms with Crippen LogP contribution in [0.4, 0.5) is 0 Å². The van der Waals surface area contributed by atoms with Crippen LogP contribution in [0.5, 0.6) is 0 Å². The van der Waals surface area contributed by atoms with Crippen molar-refractivity contribution in [1.29, 1.82) is 0 Å². The zero-order chi connectivity index (χ0) is 10.9. The second-order valence-electron chi connectivity index (χ2n) is 4.36. The highest BCUT2D eigenvalue weighted by Crippen LogP contribution is 2.42. The molecule has 0 unspecified atom stereocenters. The number of aryl methyl sites for hydroxylation is 1. The third-order valence-corrected chi connectivity index (χ3v) is 3.36. The average molecular weight is 204 g/mol. The number of hydrogen-bond donors (Lipinski definition) is 1. The van der Waals surface area contributed by atoms with Gasteiger partial charge in [0.05, 0.1) is 0 Å². The van der Waals surface area contributed by atoms with E-state index in [1.54, 1.807) is 6.20 Å². The van der Waals surface area contributed by atoms with E-state index in [0.29, 0.717) is 12.1 Å². The molecule has 80 valence electrons. The lowest BCUT2D eigenvalue weighted by Crippen LogP contribution is -2.44. The van der Waals surface area contributed by atoms with Crippen molar-refractivity contribution in [3.05, 3.63) is 29.6 Å². The van der Waals surface area contributed by atoms with Crippen molar-refractivity contribution in [2.24, 2.45) is 11.1 Å². The van der Waals surface area contributed by atoms with E-state index in [1.165, 1.54) is 0 Å². The normalized spacial score (nSPS) is 18.3. The van der Waals surface area contributed by atoms with E-state index in [-0.39, 0.29) is 11.2 Å². The monoisotopic (exact) mass is 204 g/mol. The molecular weight excluding hydrogens is 188 g/mol. The van der Waals surface area contributed by atoms with Gasteiger partial charge in [-0.05, 0) is 31.9 Å². The van der Waals surface area contributed by atoms with Crippen molar-refractivity contribution in [2.75, 3.05) is 6.54 Å². The molecule has 0 atom stereocenters. The lowest BCUT2D eigenvalue weighted by molar-refractivity contribution is 0.0635. The Balaban J connectivity index is 2.24. The first kappa shape index (κ1) is 10.3. The maximum absolute atomic E-state index is 12.2. The van der Waals surface area contributed by atoms with Crippen LogP contribution in [-0.4, -0.2) is 17.3 Å². The van der Waals surface area contributed by atoms with Gasteiger partial charge in [0, 0.05) is 29.4 Å². The van der Waals surface area contributed by atoms with E-state index in [0.717, 1.165) is 25.0 Å². The van der Waals surface area contributed by atoms with Gasteiger partial charge in [0.25, 0.3) is 0 Å². The Kier molecular flexibility index (Phi) is 2.57. The third kappa shape index (κ3) is 1.67. The number of aromatic nitrogens is 1. The molecule has 0 aliphatic heterocycles. The molecule has 15 heavy (non-hydrogen) atoms. The van der Waals surface area contributed by atoms with Crippen LogP contribution < -0.4 is 5.73 Å². The molecule has 1 saturated carbocycles. The largest absolute Gasteiger partial charge is 0.329 e. The van der Waals surface area contributed by atoms with Crippen LogP contribution in [0.15, 0.2) is 18.3 Å². The van der Waals surface area contributed by atoms with Crippen LogP contribution in [0.1, 0.15) is 35.3 Å². The summed E-state index contributed by atoms with van der Waals surface area (Å²) in [7, 11) is 0. The van der Waals surface area contributed by atoms with Gasteiger partial charge in [-0.15, -0.1) is 0 Å². The smallest absolute Gasteiger partial charge is 0.171 e. The molecule has 0 aromatic carbocycles. The second kappa shape index (κ2) is 3.74. The number of rotatable bonds is 3. The summed E-state index contributed by atoms with van der Waals surface area (Å²) >= 11 is 0. The minimum absolute atomic E-state index is 0.170. The van der Waals surface area contributed by atoms with E-state index >= 15 is 0 Å². The third-order valence-electron chi connectivity index (χ3n) is 3.36. The predicted molar refractivity (Wildman–Crippen MR) is 58.6 cm³/mol. The van der Waals surface area contributed by atoms with Gasteiger partial charge >= 0.3 is 0 Å². The van der Waals surface area contributed by atoms with E-state index in [1.807, 2.05) is 19.1 Å². The lowest BCUT2D eigenvalue weighted by atomic mass is 9.65. The van der Waals surface area contributed by atoms with Crippen molar-refractivity contribution in [3.8, 4) is 0 Å². The Hall–Kier alpha value is -1.22. The first-order chi connectivity index (χ1) is 7.18. The summed E-state index contributed by atoms with van der Waals surface area (Å²) in [5.41, 5.74) is 7.05. The fraction of sp³-hybridized carbons (Fsp3) is 0.500. The molecule has 1 heterocycles. The van der Waals surface area contributed by atoms with E-state index in [9.17, 15) is 4.79 Å². The molecule has 2 rings (SSSR count). The quantitative estimate of drug-likeness (QED) is 0.762. The highest BCUT2D eigenvalue weighted by Gasteiger charge is 2.42. The molecule has 0 amide bonds. The van der Waals surface area contributed by atoms with Crippen LogP contribution >= 0.6 is 0 Å². The van der Waals surface area contributed by atoms with E-state index in [2.05, 4.69) is 4.98 Å². The number of ketones is 1. The van der Waals surface area contributed by atoms with Crippen molar-refractivity contribution in [1.82, 2.24) is 4.98 Å². The van der Waals surface area contributed by atoms with Crippen LogP contribution in [0.3, 0.4) is 0 Å². The van der Waals surface area contributed by atoms with Crippen LogP contribution in [0, 0.1) is 12.3 Å². The molecule has 3 nitrogen and oxygen atoms in total. The van der Waals surface area contributed by atoms with Gasteiger partial charge in [-0.1, -0.05) is 6.42 Å². The fourth-order valence-electron chi connectivity index (χ4n) is 2.04. The summed E-state index contributed by atoms with van der Waals surface area (Å²) in [5.74, 6) is 0.170. The lowest BCUT2D eigenvalue weighted by Gasteiger charge is -2.39. The summed E-state index contributed by atoms with van der Waals surface area (Å²) in [6.07, 6.45) is 4.63. The molecule has 0 spiro atoms. The highest BCUT2D eigenvalue weighted by molar-refractivity contribution is 6.01. The Labute approximate surface area is 89.7 Å². The number of hydrogen-bond acceptors (Lipinski definition) is 3. The molecule has 3 heteroatoms. The minimum atomic E-state index is -0.281. The predicted octanol–water partition coefficient (Wildman–Crippen LogP) is 1.70.